The summed E-state index contributed by atoms with van der Waals surface area (Å²) >= 11 is 7.65. The van der Waals surface area contributed by atoms with E-state index in [4.69, 9.17) is 11.6 Å². The molecule has 2 heterocycles. The molecule has 0 aliphatic rings. The van der Waals surface area contributed by atoms with Crippen molar-refractivity contribution in [3.8, 4) is 17.1 Å². The number of hydrogen-bond donors (Lipinski definition) is 2. The molecule has 0 atom stereocenters. The van der Waals surface area contributed by atoms with Gasteiger partial charge in [0.1, 0.15) is 0 Å². The summed E-state index contributed by atoms with van der Waals surface area (Å²) in [6, 6.07) is 16.3. The van der Waals surface area contributed by atoms with Gasteiger partial charge in [-0.15, -0.1) is 10.2 Å². The SMILES string of the molecule is CC(=O)Nc1ccc(NC(=O)CSc2nnc(-c3ccncc3)n2-c2ccc(C)c(Cl)c2)cc1. The van der Waals surface area contributed by atoms with Crippen molar-refractivity contribution >= 4 is 46.6 Å². The number of aromatic nitrogens is 4. The lowest BCUT2D eigenvalue weighted by Crippen LogP contribution is -2.14. The van der Waals surface area contributed by atoms with Gasteiger partial charge < -0.3 is 10.6 Å². The number of anilines is 2. The fraction of sp³-hybridized carbons (Fsp3) is 0.125. The number of hydrogen-bond acceptors (Lipinski definition) is 6. The Bertz CT molecular complexity index is 1330. The number of carbonyl (C=O) groups excluding carboxylic acids is 2. The maximum Gasteiger partial charge on any atom is 0.234 e. The lowest BCUT2D eigenvalue weighted by atomic mass is 10.2. The third-order valence-corrected chi connectivity index (χ3v) is 6.14. The lowest BCUT2D eigenvalue weighted by molar-refractivity contribution is -0.114. The van der Waals surface area contributed by atoms with Crippen LogP contribution in [0.15, 0.2) is 72.1 Å². The maximum absolute atomic E-state index is 12.6. The fourth-order valence-corrected chi connectivity index (χ4v) is 4.10. The molecule has 0 aliphatic carbocycles. The molecule has 0 unspecified atom stereocenters. The molecule has 0 bridgehead atoms. The van der Waals surface area contributed by atoms with Crippen molar-refractivity contribution in [1.29, 1.82) is 0 Å². The highest BCUT2D eigenvalue weighted by Gasteiger charge is 2.18. The second-order valence-electron chi connectivity index (χ2n) is 7.41. The third kappa shape index (κ3) is 5.62. The molecule has 2 N–H and O–H groups in total. The van der Waals surface area contributed by atoms with E-state index in [9.17, 15) is 9.59 Å². The number of carbonyl (C=O) groups is 2. The molecule has 10 heteroatoms. The number of pyridine rings is 1. The van der Waals surface area contributed by atoms with Crippen LogP contribution >= 0.6 is 23.4 Å². The fourth-order valence-electron chi connectivity index (χ4n) is 3.17. The predicted molar refractivity (Wildman–Crippen MR) is 134 cm³/mol. The van der Waals surface area contributed by atoms with Crippen LogP contribution < -0.4 is 10.6 Å². The summed E-state index contributed by atoms with van der Waals surface area (Å²) in [6.45, 7) is 3.38. The molecule has 2 aromatic heterocycles. The molecule has 0 saturated heterocycles. The van der Waals surface area contributed by atoms with Gasteiger partial charge in [-0.25, -0.2) is 0 Å². The molecule has 4 rings (SSSR count). The number of nitrogens with zero attached hydrogens (tertiary/aromatic N) is 4. The third-order valence-electron chi connectivity index (χ3n) is 4.81. The van der Waals surface area contributed by atoms with Gasteiger partial charge in [0.2, 0.25) is 11.8 Å². The molecule has 2 aromatic carbocycles. The van der Waals surface area contributed by atoms with Gasteiger partial charge in [0.15, 0.2) is 11.0 Å². The second kappa shape index (κ2) is 10.5. The molecule has 2 amide bonds. The predicted octanol–water partition coefficient (Wildman–Crippen LogP) is 4.98. The number of amides is 2. The zero-order valence-electron chi connectivity index (χ0n) is 18.4. The van der Waals surface area contributed by atoms with Crippen molar-refractivity contribution in [2.75, 3.05) is 16.4 Å². The Balaban J connectivity index is 1.53. The summed E-state index contributed by atoms with van der Waals surface area (Å²) < 4.78 is 1.88. The summed E-state index contributed by atoms with van der Waals surface area (Å²) in [5, 5.41) is 15.4. The van der Waals surface area contributed by atoms with Crippen molar-refractivity contribution in [2.24, 2.45) is 0 Å². The number of nitrogens with one attached hydrogen (secondary N) is 2. The zero-order chi connectivity index (χ0) is 24.1. The molecule has 34 heavy (non-hydrogen) atoms. The molecule has 8 nitrogen and oxygen atoms in total. The van der Waals surface area contributed by atoms with Crippen LogP contribution in [0, 0.1) is 6.92 Å². The highest BCUT2D eigenvalue weighted by atomic mass is 35.5. The van der Waals surface area contributed by atoms with E-state index >= 15 is 0 Å². The van der Waals surface area contributed by atoms with Crippen molar-refractivity contribution in [1.82, 2.24) is 19.7 Å². The van der Waals surface area contributed by atoms with E-state index in [0.29, 0.717) is 27.4 Å². The average molecular weight is 493 g/mol. The van der Waals surface area contributed by atoms with E-state index in [1.54, 1.807) is 36.7 Å². The molecule has 0 radical (unpaired) electrons. The van der Waals surface area contributed by atoms with Crippen LogP contribution in [-0.2, 0) is 9.59 Å². The zero-order valence-corrected chi connectivity index (χ0v) is 20.0. The van der Waals surface area contributed by atoms with E-state index < -0.39 is 0 Å². The van der Waals surface area contributed by atoms with Crippen LogP contribution in [0.5, 0.6) is 0 Å². The first-order valence-corrected chi connectivity index (χ1v) is 11.7. The number of benzene rings is 2. The summed E-state index contributed by atoms with van der Waals surface area (Å²) in [5.74, 6) is 0.401. The molecular formula is C24H21ClN6O2S. The van der Waals surface area contributed by atoms with Crippen LogP contribution in [0.1, 0.15) is 12.5 Å². The van der Waals surface area contributed by atoms with Crippen LogP contribution in [0.3, 0.4) is 0 Å². The topological polar surface area (TPSA) is 102 Å². The number of aryl methyl sites for hydroxylation is 1. The Kier molecular flexibility index (Phi) is 7.24. The minimum atomic E-state index is -0.195. The van der Waals surface area contributed by atoms with Gasteiger partial charge in [-0.1, -0.05) is 29.4 Å². The normalized spacial score (nSPS) is 10.7. The summed E-state index contributed by atoms with van der Waals surface area (Å²) in [7, 11) is 0. The first-order valence-electron chi connectivity index (χ1n) is 10.3. The molecule has 0 spiro atoms. The van der Waals surface area contributed by atoms with Crippen LogP contribution in [-0.4, -0.2) is 37.3 Å². The van der Waals surface area contributed by atoms with Crippen molar-refractivity contribution < 1.29 is 9.59 Å². The summed E-state index contributed by atoms with van der Waals surface area (Å²) in [6.07, 6.45) is 3.38. The smallest absolute Gasteiger partial charge is 0.234 e. The maximum atomic E-state index is 12.6. The van der Waals surface area contributed by atoms with Crippen molar-refractivity contribution in [3.63, 3.8) is 0 Å². The monoisotopic (exact) mass is 492 g/mol. The number of rotatable bonds is 7. The van der Waals surface area contributed by atoms with E-state index in [-0.39, 0.29) is 17.6 Å². The Morgan fingerprint density at radius 1 is 0.971 bits per heavy atom. The van der Waals surface area contributed by atoms with Gasteiger partial charge in [0.25, 0.3) is 0 Å². The molecule has 4 aromatic rings. The Morgan fingerprint density at radius 3 is 2.29 bits per heavy atom. The molecule has 0 aliphatic heterocycles. The quantitative estimate of drug-likeness (QED) is 0.353. The number of halogens is 1. The van der Waals surface area contributed by atoms with Gasteiger partial charge >= 0.3 is 0 Å². The van der Waals surface area contributed by atoms with E-state index in [1.165, 1.54) is 18.7 Å². The van der Waals surface area contributed by atoms with Crippen LogP contribution in [0.4, 0.5) is 11.4 Å². The van der Waals surface area contributed by atoms with Gasteiger partial charge in [0.05, 0.1) is 11.4 Å². The van der Waals surface area contributed by atoms with Gasteiger partial charge in [0, 0.05) is 41.3 Å². The van der Waals surface area contributed by atoms with Gasteiger partial charge in [-0.2, -0.15) is 0 Å². The van der Waals surface area contributed by atoms with E-state index in [0.717, 1.165) is 16.8 Å². The first kappa shape index (κ1) is 23.5. The molecule has 172 valence electrons. The van der Waals surface area contributed by atoms with E-state index in [1.807, 2.05) is 41.8 Å². The minimum absolute atomic E-state index is 0.127. The molecule has 0 saturated carbocycles. The highest BCUT2D eigenvalue weighted by molar-refractivity contribution is 7.99. The molecule has 0 fully saturated rings. The lowest BCUT2D eigenvalue weighted by Gasteiger charge is -2.12. The van der Waals surface area contributed by atoms with Crippen molar-refractivity contribution in [3.05, 3.63) is 77.6 Å². The Morgan fingerprint density at radius 2 is 1.65 bits per heavy atom. The summed E-state index contributed by atoms with van der Waals surface area (Å²) in [4.78, 5) is 27.8. The second-order valence-corrected chi connectivity index (χ2v) is 8.76. The largest absolute Gasteiger partial charge is 0.326 e. The Labute approximate surface area is 205 Å². The van der Waals surface area contributed by atoms with Gasteiger partial charge in [-0.05, 0) is 61.0 Å². The first-order chi connectivity index (χ1) is 16.4. The average Bonchev–Trinajstić information content (AvgIpc) is 3.25. The number of thioether (sulfide) groups is 1. The standard InChI is InChI=1S/C24H21ClN6O2S/c1-15-3-8-20(13-21(15)25)31-23(17-9-11-26-12-10-17)29-30-24(31)34-14-22(33)28-19-6-4-18(5-7-19)27-16(2)32/h3-13H,14H2,1-2H3,(H,27,32)(H,28,33). The van der Waals surface area contributed by atoms with Crippen molar-refractivity contribution in [2.45, 2.75) is 19.0 Å². The minimum Gasteiger partial charge on any atom is -0.326 e. The van der Waals surface area contributed by atoms with Crippen LogP contribution in [0.25, 0.3) is 17.1 Å². The Hall–Kier alpha value is -3.69. The van der Waals surface area contributed by atoms with Crippen LogP contribution in [0.2, 0.25) is 5.02 Å². The van der Waals surface area contributed by atoms with E-state index in [2.05, 4.69) is 25.8 Å². The highest BCUT2D eigenvalue weighted by Crippen LogP contribution is 2.30. The summed E-state index contributed by atoms with van der Waals surface area (Å²) in [5.41, 5.74) is 3.89. The van der Waals surface area contributed by atoms with Gasteiger partial charge in [-0.3, -0.25) is 19.1 Å². The molecular weight excluding hydrogens is 472 g/mol.